The Morgan fingerprint density at radius 1 is 1.18 bits per heavy atom. The molecule has 2 fully saturated rings. The van der Waals surface area contributed by atoms with Gasteiger partial charge in [0.25, 0.3) is 0 Å². The second kappa shape index (κ2) is 6.81. The summed E-state index contributed by atoms with van der Waals surface area (Å²) < 4.78 is -0.587. The molecule has 0 aliphatic carbocycles. The summed E-state index contributed by atoms with van der Waals surface area (Å²) in [6.45, 7) is 3.64. The number of aliphatic carboxylic acids is 1. The van der Waals surface area contributed by atoms with E-state index in [0.717, 1.165) is 16.3 Å². The fraction of sp³-hybridized carbons (Fsp3) is 0.381. The molecular formula is C21H22N2O4S. The number of fused-ring (bicyclic) bond motifs is 2. The largest absolute Gasteiger partial charge is 0.480 e. The summed E-state index contributed by atoms with van der Waals surface area (Å²) in [5.74, 6) is -1.51. The molecule has 0 bridgehead atoms. The first-order valence-corrected chi connectivity index (χ1v) is 10.2. The van der Waals surface area contributed by atoms with Crippen molar-refractivity contribution in [1.29, 1.82) is 0 Å². The second-order valence-corrected chi connectivity index (χ2v) is 9.60. The van der Waals surface area contributed by atoms with Crippen LogP contribution in [0, 0.1) is 0 Å². The molecule has 0 unspecified atom stereocenters. The third kappa shape index (κ3) is 3.13. The minimum Gasteiger partial charge on any atom is -0.480 e. The summed E-state index contributed by atoms with van der Waals surface area (Å²) in [4.78, 5) is 37.8. The van der Waals surface area contributed by atoms with Gasteiger partial charge in [-0.2, -0.15) is 0 Å². The molecule has 2 aromatic carbocycles. The molecule has 2 aliphatic rings. The number of benzene rings is 2. The second-order valence-electron chi connectivity index (χ2n) is 7.82. The predicted octanol–water partition coefficient (Wildman–Crippen LogP) is 2.40. The van der Waals surface area contributed by atoms with Gasteiger partial charge in [-0.1, -0.05) is 42.5 Å². The maximum Gasteiger partial charge on any atom is 0.327 e. The summed E-state index contributed by atoms with van der Waals surface area (Å²) in [5.41, 5.74) is 1.07. The van der Waals surface area contributed by atoms with Crippen molar-refractivity contribution >= 4 is 40.3 Å². The quantitative estimate of drug-likeness (QED) is 0.756. The van der Waals surface area contributed by atoms with Crippen LogP contribution in [0.5, 0.6) is 0 Å². The van der Waals surface area contributed by atoms with Gasteiger partial charge in [0.15, 0.2) is 0 Å². The number of nitrogens with one attached hydrogen (secondary N) is 1. The van der Waals surface area contributed by atoms with Crippen LogP contribution < -0.4 is 5.32 Å². The van der Waals surface area contributed by atoms with E-state index in [0.29, 0.717) is 6.42 Å². The van der Waals surface area contributed by atoms with Gasteiger partial charge < -0.3 is 15.3 Å². The Morgan fingerprint density at radius 2 is 1.89 bits per heavy atom. The van der Waals surface area contributed by atoms with E-state index in [1.165, 1.54) is 16.7 Å². The number of nitrogens with zero attached hydrogens (tertiary/aromatic N) is 1. The van der Waals surface area contributed by atoms with Crippen LogP contribution in [0.3, 0.4) is 0 Å². The number of carboxylic acid groups (broad SMARTS) is 1. The van der Waals surface area contributed by atoms with Crippen molar-refractivity contribution in [2.45, 2.75) is 48.9 Å². The molecule has 2 saturated heterocycles. The van der Waals surface area contributed by atoms with Crippen LogP contribution in [0.25, 0.3) is 10.8 Å². The Hall–Kier alpha value is -2.54. The summed E-state index contributed by atoms with van der Waals surface area (Å²) in [6, 6.07) is 12.7. The Bertz CT molecular complexity index is 974. The van der Waals surface area contributed by atoms with E-state index >= 15 is 0 Å². The normalized spacial score (nSPS) is 25.3. The van der Waals surface area contributed by atoms with E-state index in [9.17, 15) is 19.5 Å². The molecule has 0 radical (unpaired) electrons. The van der Waals surface area contributed by atoms with E-state index in [-0.39, 0.29) is 23.6 Å². The molecule has 6 nitrogen and oxygen atoms in total. The lowest BCUT2D eigenvalue weighted by atomic mass is 9.96. The molecule has 7 heteroatoms. The topological polar surface area (TPSA) is 86.7 Å². The fourth-order valence-electron chi connectivity index (χ4n) is 4.04. The zero-order valence-corrected chi connectivity index (χ0v) is 16.5. The van der Waals surface area contributed by atoms with Crippen molar-refractivity contribution in [3.8, 4) is 0 Å². The van der Waals surface area contributed by atoms with Gasteiger partial charge in [0.1, 0.15) is 17.5 Å². The van der Waals surface area contributed by atoms with Crippen LogP contribution in [0.1, 0.15) is 25.8 Å². The molecule has 28 heavy (non-hydrogen) atoms. The first kappa shape index (κ1) is 18.8. The van der Waals surface area contributed by atoms with Crippen molar-refractivity contribution in [3.63, 3.8) is 0 Å². The van der Waals surface area contributed by atoms with Crippen LogP contribution in [0.2, 0.25) is 0 Å². The van der Waals surface area contributed by atoms with E-state index in [1.54, 1.807) is 0 Å². The number of hydrogen-bond acceptors (Lipinski definition) is 4. The standard InChI is InChI=1S/C21H22N2O4S/c1-21(2)17(20(26)27)23-18(25)16(19(23)28-21)22-15(24)10-8-12-7-9-13-5-3-4-6-14(13)11-12/h3-7,9,11,16-17,19H,8,10H2,1-2H3,(H,22,24)(H,26,27)/t16-,17+,19-/m1/s1. The van der Waals surface area contributed by atoms with E-state index in [2.05, 4.69) is 11.4 Å². The molecule has 0 spiro atoms. The van der Waals surface area contributed by atoms with Gasteiger partial charge in [-0.05, 0) is 36.6 Å². The molecule has 4 rings (SSSR count). The molecule has 2 aliphatic heterocycles. The van der Waals surface area contributed by atoms with Crippen molar-refractivity contribution in [2.24, 2.45) is 0 Å². The Morgan fingerprint density at radius 3 is 2.61 bits per heavy atom. The van der Waals surface area contributed by atoms with E-state index in [4.69, 9.17) is 0 Å². The predicted molar refractivity (Wildman–Crippen MR) is 108 cm³/mol. The minimum absolute atomic E-state index is 0.191. The number of amides is 2. The number of rotatable bonds is 5. The molecule has 0 saturated carbocycles. The monoisotopic (exact) mass is 398 g/mol. The Balaban J connectivity index is 1.37. The summed E-state index contributed by atoms with van der Waals surface area (Å²) in [7, 11) is 0. The van der Waals surface area contributed by atoms with Gasteiger partial charge in [-0.3, -0.25) is 9.59 Å². The van der Waals surface area contributed by atoms with Crippen LogP contribution in [-0.4, -0.2) is 50.0 Å². The third-order valence-corrected chi connectivity index (χ3v) is 7.02. The number of aryl methyl sites for hydroxylation is 1. The highest BCUT2D eigenvalue weighted by molar-refractivity contribution is 8.01. The number of thioether (sulfide) groups is 1. The van der Waals surface area contributed by atoms with Crippen molar-refractivity contribution in [1.82, 2.24) is 10.2 Å². The molecule has 2 aromatic rings. The number of hydrogen-bond donors (Lipinski definition) is 2. The highest BCUT2D eigenvalue weighted by atomic mass is 32.2. The van der Waals surface area contributed by atoms with Gasteiger partial charge in [0.05, 0.1) is 0 Å². The maximum atomic E-state index is 12.4. The number of carbonyl (C=O) groups excluding carboxylic acids is 2. The summed E-state index contributed by atoms with van der Waals surface area (Å²) >= 11 is 1.43. The van der Waals surface area contributed by atoms with Crippen LogP contribution in [-0.2, 0) is 20.8 Å². The fourth-order valence-corrected chi connectivity index (χ4v) is 5.67. The van der Waals surface area contributed by atoms with Crippen LogP contribution >= 0.6 is 11.8 Å². The lowest BCUT2D eigenvalue weighted by Gasteiger charge is -2.43. The van der Waals surface area contributed by atoms with Crippen molar-refractivity contribution in [3.05, 3.63) is 48.0 Å². The first-order chi connectivity index (χ1) is 13.3. The van der Waals surface area contributed by atoms with Gasteiger partial charge in [-0.15, -0.1) is 11.8 Å². The van der Waals surface area contributed by atoms with Crippen molar-refractivity contribution < 1.29 is 19.5 Å². The highest BCUT2D eigenvalue weighted by Gasteiger charge is 2.64. The average molecular weight is 398 g/mol. The van der Waals surface area contributed by atoms with E-state index < -0.39 is 22.8 Å². The Labute approximate surface area is 167 Å². The molecular weight excluding hydrogens is 376 g/mol. The number of carboxylic acids is 1. The van der Waals surface area contributed by atoms with E-state index in [1.807, 2.05) is 50.2 Å². The van der Waals surface area contributed by atoms with Gasteiger partial charge >= 0.3 is 5.97 Å². The van der Waals surface area contributed by atoms with Crippen LogP contribution in [0.4, 0.5) is 0 Å². The zero-order valence-electron chi connectivity index (χ0n) is 15.7. The van der Waals surface area contributed by atoms with Crippen molar-refractivity contribution in [2.75, 3.05) is 0 Å². The summed E-state index contributed by atoms with van der Waals surface area (Å²) in [6.07, 6.45) is 0.869. The molecule has 3 atom stereocenters. The Kier molecular flexibility index (Phi) is 4.57. The smallest absolute Gasteiger partial charge is 0.327 e. The molecule has 0 aromatic heterocycles. The third-order valence-electron chi connectivity index (χ3n) is 5.45. The lowest BCUT2D eigenvalue weighted by Crippen LogP contribution is -2.70. The minimum atomic E-state index is -1.01. The SMILES string of the molecule is CC1(C)S[C@@H]2[C@H](NC(=O)CCc3ccc4ccccc4c3)C(=O)N2[C@H]1C(=O)O. The molecule has 2 heterocycles. The van der Waals surface area contributed by atoms with Gasteiger partial charge in [-0.25, -0.2) is 4.79 Å². The number of β-lactam (4-membered cyclic amide) rings is 1. The maximum absolute atomic E-state index is 12.4. The molecule has 2 N–H and O–H groups in total. The van der Waals surface area contributed by atoms with Crippen LogP contribution in [0.15, 0.2) is 42.5 Å². The first-order valence-electron chi connectivity index (χ1n) is 9.28. The van der Waals surface area contributed by atoms with Gasteiger partial charge in [0, 0.05) is 11.2 Å². The average Bonchev–Trinajstić information content (AvgIpc) is 2.92. The molecule has 2 amide bonds. The molecule has 146 valence electrons. The van der Waals surface area contributed by atoms with Gasteiger partial charge in [0.2, 0.25) is 11.8 Å². The number of carbonyl (C=O) groups is 3. The zero-order chi connectivity index (χ0) is 20.1. The lowest BCUT2D eigenvalue weighted by molar-refractivity contribution is -0.161. The highest BCUT2D eigenvalue weighted by Crippen LogP contribution is 2.50. The summed E-state index contributed by atoms with van der Waals surface area (Å²) in [5, 5.41) is 14.2.